The molecular formula is C16H21N3O2. The first-order valence-corrected chi connectivity index (χ1v) is 7.01. The van der Waals surface area contributed by atoms with Crippen molar-refractivity contribution in [2.45, 2.75) is 19.4 Å². The van der Waals surface area contributed by atoms with E-state index in [4.69, 9.17) is 9.47 Å². The smallest absolute Gasteiger partial charge is 0.149 e. The number of nitrogens with zero attached hydrogens (tertiary/aromatic N) is 2. The van der Waals surface area contributed by atoms with E-state index in [9.17, 15) is 0 Å². The summed E-state index contributed by atoms with van der Waals surface area (Å²) in [4.78, 5) is 8.73. The molecule has 0 aliphatic heterocycles. The van der Waals surface area contributed by atoms with Gasteiger partial charge in [-0.15, -0.1) is 0 Å². The highest BCUT2D eigenvalue weighted by Gasteiger charge is 2.17. The molecule has 0 spiro atoms. The van der Waals surface area contributed by atoms with Crippen molar-refractivity contribution in [3.63, 3.8) is 0 Å². The lowest BCUT2D eigenvalue weighted by atomic mass is 10.0. The lowest BCUT2D eigenvalue weighted by Crippen LogP contribution is -2.25. The lowest BCUT2D eigenvalue weighted by molar-refractivity contribution is 0.392. The van der Waals surface area contributed by atoms with Crippen molar-refractivity contribution in [3.05, 3.63) is 48.0 Å². The number of ether oxygens (including phenoxy) is 2. The predicted octanol–water partition coefficient (Wildman–Crippen LogP) is 2.58. The fourth-order valence-electron chi connectivity index (χ4n) is 2.10. The van der Waals surface area contributed by atoms with Crippen molar-refractivity contribution in [2.24, 2.45) is 0 Å². The number of methoxy groups -OCH3 is 2. The highest BCUT2D eigenvalue weighted by atomic mass is 16.5. The van der Waals surface area contributed by atoms with Crippen molar-refractivity contribution in [1.29, 1.82) is 0 Å². The summed E-state index contributed by atoms with van der Waals surface area (Å²) in [5, 5.41) is 3.47. The molecule has 0 saturated carbocycles. The largest absolute Gasteiger partial charge is 0.497 e. The van der Waals surface area contributed by atoms with E-state index in [-0.39, 0.29) is 6.04 Å². The first kappa shape index (κ1) is 15.3. The molecule has 1 heterocycles. The molecule has 1 aromatic heterocycles. The molecule has 1 atom stereocenters. The van der Waals surface area contributed by atoms with Crippen LogP contribution in [0.4, 0.5) is 0 Å². The van der Waals surface area contributed by atoms with Gasteiger partial charge in [-0.1, -0.05) is 6.92 Å². The van der Waals surface area contributed by atoms with Crippen LogP contribution in [0, 0.1) is 0 Å². The van der Waals surface area contributed by atoms with Crippen molar-refractivity contribution in [2.75, 3.05) is 20.8 Å². The van der Waals surface area contributed by atoms with Gasteiger partial charge in [0, 0.05) is 18.5 Å². The van der Waals surface area contributed by atoms with Gasteiger partial charge in [0.1, 0.15) is 17.3 Å². The van der Waals surface area contributed by atoms with Crippen LogP contribution < -0.4 is 14.8 Å². The lowest BCUT2D eigenvalue weighted by Gasteiger charge is -2.19. The summed E-state index contributed by atoms with van der Waals surface area (Å²) in [6.07, 6.45) is 4.53. The topological polar surface area (TPSA) is 56.3 Å². The van der Waals surface area contributed by atoms with Gasteiger partial charge in [-0.2, -0.15) is 0 Å². The zero-order valence-corrected chi connectivity index (χ0v) is 12.7. The Labute approximate surface area is 125 Å². The Morgan fingerprint density at radius 1 is 1.05 bits per heavy atom. The molecule has 112 valence electrons. The number of hydrogen-bond donors (Lipinski definition) is 1. The Kier molecular flexibility index (Phi) is 5.51. The van der Waals surface area contributed by atoms with Gasteiger partial charge in [0.2, 0.25) is 0 Å². The molecule has 0 amide bonds. The molecule has 2 rings (SSSR count). The molecule has 0 aliphatic rings. The Morgan fingerprint density at radius 2 is 1.67 bits per heavy atom. The molecule has 0 saturated heterocycles. The summed E-state index contributed by atoms with van der Waals surface area (Å²) in [6, 6.07) is 7.53. The summed E-state index contributed by atoms with van der Waals surface area (Å²) >= 11 is 0. The number of benzene rings is 1. The predicted molar refractivity (Wildman–Crippen MR) is 81.7 cm³/mol. The molecular weight excluding hydrogens is 266 g/mol. The van der Waals surface area contributed by atoms with Crippen LogP contribution in [-0.4, -0.2) is 30.7 Å². The van der Waals surface area contributed by atoms with Gasteiger partial charge < -0.3 is 14.8 Å². The Balaban J connectivity index is 2.40. The third-order valence-electron chi connectivity index (χ3n) is 3.15. The quantitative estimate of drug-likeness (QED) is 0.848. The molecule has 0 fully saturated rings. The molecule has 0 bridgehead atoms. The minimum Gasteiger partial charge on any atom is -0.497 e. The molecule has 5 nitrogen and oxygen atoms in total. The van der Waals surface area contributed by atoms with Gasteiger partial charge in [0.25, 0.3) is 0 Å². The van der Waals surface area contributed by atoms with Crippen molar-refractivity contribution >= 4 is 0 Å². The second-order valence-corrected chi connectivity index (χ2v) is 4.64. The van der Waals surface area contributed by atoms with Crippen LogP contribution in [0.1, 0.15) is 30.8 Å². The van der Waals surface area contributed by atoms with Crippen molar-refractivity contribution in [3.8, 4) is 11.5 Å². The van der Waals surface area contributed by atoms with E-state index in [0.29, 0.717) is 0 Å². The summed E-state index contributed by atoms with van der Waals surface area (Å²) in [5.74, 6) is 2.24. The zero-order chi connectivity index (χ0) is 15.1. The normalized spacial score (nSPS) is 12.0. The number of hydrogen-bond acceptors (Lipinski definition) is 5. The molecule has 1 unspecified atom stereocenters. The fraction of sp³-hybridized carbons (Fsp3) is 0.375. The van der Waals surface area contributed by atoms with Gasteiger partial charge in [-0.25, -0.2) is 9.97 Å². The van der Waals surface area contributed by atoms with Gasteiger partial charge in [0.05, 0.1) is 20.3 Å². The molecule has 5 heteroatoms. The molecule has 1 N–H and O–H groups in total. The van der Waals surface area contributed by atoms with E-state index < -0.39 is 0 Å². The van der Waals surface area contributed by atoms with Gasteiger partial charge in [-0.3, -0.25) is 0 Å². The van der Waals surface area contributed by atoms with Crippen LogP contribution >= 0.6 is 0 Å². The third-order valence-corrected chi connectivity index (χ3v) is 3.15. The minimum atomic E-state index is -0.0878. The number of rotatable bonds is 7. The molecule has 21 heavy (non-hydrogen) atoms. The molecule has 0 radical (unpaired) electrons. The van der Waals surface area contributed by atoms with E-state index in [1.807, 2.05) is 24.3 Å². The van der Waals surface area contributed by atoms with Crippen LogP contribution in [0.5, 0.6) is 11.5 Å². The molecule has 0 aliphatic carbocycles. The molecule has 1 aromatic carbocycles. The van der Waals surface area contributed by atoms with Crippen LogP contribution in [0.25, 0.3) is 0 Å². The zero-order valence-electron chi connectivity index (χ0n) is 12.7. The summed E-state index contributed by atoms with van der Waals surface area (Å²) in [5.41, 5.74) is 1.02. The average molecular weight is 287 g/mol. The Morgan fingerprint density at radius 3 is 2.19 bits per heavy atom. The maximum Gasteiger partial charge on any atom is 0.149 e. The minimum absolute atomic E-state index is 0.0878. The second-order valence-electron chi connectivity index (χ2n) is 4.64. The summed E-state index contributed by atoms with van der Waals surface area (Å²) in [7, 11) is 3.29. The van der Waals surface area contributed by atoms with Gasteiger partial charge >= 0.3 is 0 Å². The van der Waals surface area contributed by atoms with Gasteiger partial charge in [-0.05, 0) is 36.7 Å². The van der Waals surface area contributed by atoms with E-state index in [0.717, 1.165) is 35.9 Å². The Bertz CT molecular complexity index is 538. The van der Waals surface area contributed by atoms with Crippen LogP contribution in [0.2, 0.25) is 0 Å². The third kappa shape index (κ3) is 3.92. The second kappa shape index (κ2) is 7.59. The molecule has 2 aromatic rings. The van der Waals surface area contributed by atoms with Crippen LogP contribution in [0.15, 0.2) is 36.7 Å². The highest BCUT2D eigenvalue weighted by molar-refractivity contribution is 5.41. The van der Waals surface area contributed by atoms with Crippen molar-refractivity contribution < 1.29 is 9.47 Å². The number of aromatic nitrogens is 2. The standard InChI is InChI=1S/C16H21N3O2/c1-4-6-17-15(16-18-7-5-8-19-16)12-9-13(20-2)11-14(10-12)21-3/h5,7-11,15,17H,4,6H2,1-3H3. The monoisotopic (exact) mass is 287 g/mol. The van der Waals surface area contributed by atoms with Gasteiger partial charge in [0.15, 0.2) is 0 Å². The first-order chi connectivity index (χ1) is 10.3. The maximum absolute atomic E-state index is 5.34. The first-order valence-electron chi connectivity index (χ1n) is 7.01. The summed E-state index contributed by atoms with van der Waals surface area (Å²) in [6.45, 7) is 3.00. The average Bonchev–Trinajstić information content (AvgIpc) is 2.55. The van der Waals surface area contributed by atoms with E-state index in [1.54, 1.807) is 26.6 Å². The SMILES string of the molecule is CCCNC(c1cc(OC)cc(OC)c1)c1ncccn1. The van der Waals surface area contributed by atoms with E-state index in [1.165, 1.54) is 0 Å². The van der Waals surface area contributed by atoms with Crippen LogP contribution in [-0.2, 0) is 0 Å². The Hall–Kier alpha value is -2.14. The van der Waals surface area contributed by atoms with Crippen LogP contribution in [0.3, 0.4) is 0 Å². The van der Waals surface area contributed by atoms with E-state index >= 15 is 0 Å². The van der Waals surface area contributed by atoms with E-state index in [2.05, 4.69) is 22.2 Å². The van der Waals surface area contributed by atoms with Crippen molar-refractivity contribution in [1.82, 2.24) is 15.3 Å². The maximum atomic E-state index is 5.34. The number of nitrogens with one attached hydrogen (secondary N) is 1. The fourth-order valence-corrected chi connectivity index (χ4v) is 2.10. The highest BCUT2D eigenvalue weighted by Crippen LogP contribution is 2.28. The summed E-state index contributed by atoms with van der Waals surface area (Å²) < 4.78 is 10.7.